The van der Waals surface area contributed by atoms with Gasteiger partial charge in [0.2, 0.25) is 0 Å². The van der Waals surface area contributed by atoms with Gasteiger partial charge >= 0.3 is 25.8 Å². The van der Waals surface area contributed by atoms with Crippen molar-refractivity contribution >= 4 is 0 Å². The van der Waals surface area contributed by atoms with Gasteiger partial charge < -0.3 is 14.9 Å². The van der Waals surface area contributed by atoms with Gasteiger partial charge in [0.1, 0.15) is 0 Å². The molecule has 0 aliphatic heterocycles. The standard InChI is InChI=1S/2C5H5.2CH3.Hf/c2*1-2-4-5-3-1;;;/h2*1-3H,4H2;2*1H3;/q4*-1;+4. The van der Waals surface area contributed by atoms with E-state index in [1.807, 2.05) is 24.3 Å². The van der Waals surface area contributed by atoms with Gasteiger partial charge in [0.15, 0.2) is 0 Å². The molecule has 0 aromatic heterocycles. The molecule has 0 aromatic rings. The molecule has 2 aliphatic rings. The van der Waals surface area contributed by atoms with Crippen LogP contribution in [0.15, 0.2) is 36.5 Å². The summed E-state index contributed by atoms with van der Waals surface area (Å²) in [5, 5.41) is 0. The Balaban J connectivity index is -0.000000125. The summed E-state index contributed by atoms with van der Waals surface area (Å²) >= 11 is 0. The molecule has 0 aromatic carbocycles. The van der Waals surface area contributed by atoms with E-state index in [-0.39, 0.29) is 40.7 Å². The van der Waals surface area contributed by atoms with Crippen molar-refractivity contribution in [2.75, 3.05) is 0 Å². The Morgan fingerprint density at radius 3 is 1.23 bits per heavy atom. The molecular formula is C12H16Hf. The van der Waals surface area contributed by atoms with Crippen LogP contribution < -0.4 is 0 Å². The second-order valence-electron chi connectivity index (χ2n) is 2.01. The molecule has 0 radical (unpaired) electrons. The van der Waals surface area contributed by atoms with Gasteiger partial charge in [0, 0.05) is 0 Å². The minimum absolute atomic E-state index is 0. The van der Waals surface area contributed by atoms with Crippen LogP contribution in [0.3, 0.4) is 0 Å². The van der Waals surface area contributed by atoms with Crippen LogP contribution in [0.5, 0.6) is 0 Å². The van der Waals surface area contributed by atoms with E-state index < -0.39 is 0 Å². The molecule has 68 valence electrons. The molecule has 13 heavy (non-hydrogen) atoms. The summed E-state index contributed by atoms with van der Waals surface area (Å²) in [6.45, 7) is 0. The second kappa shape index (κ2) is 14.4. The third-order valence-corrected chi connectivity index (χ3v) is 1.17. The Bertz CT molecular complexity index is 143. The van der Waals surface area contributed by atoms with Crippen molar-refractivity contribution in [2.24, 2.45) is 0 Å². The maximum atomic E-state index is 2.99. The first kappa shape index (κ1) is 18.6. The van der Waals surface area contributed by atoms with Crippen LogP contribution in [-0.4, -0.2) is 0 Å². The van der Waals surface area contributed by atoms with Crippen LogP contribution in [0.1, 0.15) is 12.8 Å². The number of rotatable bonds is 0. The van der Waals surface area contributed by atoms with Crippen LogP contribution in [0.4, 0.5) is 0 Å². The summed E-state index contributed by atoms with van der Waals surface area (Å²) in [6, 6.07) is 0. The van der Waals surface area contributed by atoms with Gasteiger partial charge in [0.25, 0.3) is 0 Å². The first-order valence-electron chi connectivity index (χ1n) is 3.43. The monoisotopic (exact) mass is 340 g/mol. The van der Waals surface area contributed by atoms with E-state index in [1.165, 1.54) is 0 Å². The largest absolute Gasteiger partial charge is 4.00 e. The smallest absolute Gasteiger partial charge is 0.358 e. The zero-order valence-electron chi connectivity index (χ0n) is 8.38. The van der Waals surface area contributed by atoms with Gasteiger partial charge in [-0.3, -0.25) is 12.2 Å². The zero-order valence-corrected chi connectivity index (χ0v) is 12.0. The molecule has 0 atom stereocenters. The van der Waals surface area contributed by atoms with Crippen molar-refractivity contribution in [1.82, 2.24) is 0 Å². The van der Waals surface area contributed by atoms with Gasteiger partial charge in [-0.1, -0.05) is 0 Å². The number of allylic oxidation sites excluding steroid dienone is 8. The minimum Gasteiger partial charge on any atom is -0.358 e. The van der Waals surface area contributed by atoms with E-state index in [0.29, 0.717) is 0 Å². The van der Waals surface area contributed by atoms with E-state index >= 15 is 0 Å². The van der Waals surface area contributed by atoms with E-state index in [1.54, 1.807) is 0 Å². The molecule has 2 aliphatic carbocycles. The maximum absolute atomic E-state index is 2.99. The van der Waals surface area contributed by atoms with Crippen LogP contribution >= 0.6 is 0 Å². The third kappa shape index (κ3) is 11.8. The molecule has 0 N–H and O–H groups in total. The Morgan fingerprint density at radius 1 is 0.769 bits per heavy atom. The van der Waals surface area contributed by atoms with Crippen molar-refractivity contribution in [3.8, 4) is 0 Å². The fraction of sp³-hybridized carbons (Fsp3) is 0.167. The average molecular weight is 339 g/mol. The van der Waals surface area contributed by atoms with E-state index in [2.05, 4.69) is 24.3 Å². The van der Waals surface area contributed by atoms with Crippen molar-refractivity contribution in [3.63, 3.8) is 0 Å². The van der Waals surface area contributed by atoms with Gasteiger partial charge in [0.05, 0.1) is 0 Å². The predicted molar refractivity (Wildman–Crippen MR) is 56.0 cm³/mol. The molecular weight excluding hydrogens is 323 g/mol. The summed E-state index contributed by atoms with van der Waals surface area (Å²) in [4.78, 5) is 0. The topological polar surface area (TPSA) is 0 Å². The maximum Gasteiger partial charge on any atom is 4.00 e. The fourth-order valence-electron chi connectivity index (χ4n) is 0.680. The minimum atomic E-state index is 0. The Labute approximate surface area is 102 Å². The molecule has 0 spiro atoms. The summed E-state index contributed by atoms with van der Waals surface area (Å²) in [5.74, 6) is 0. The van der Waals surface area contributed by atoms with Gasteiger partial charge in [-0.05, 0) is 0 Å². The quantitative estimate of drug-likeness (QED) is 0.468. The summed E-state index contributed by atoms with van der Waals surface area (Å²) in [6.07, 6.45) is 20.0. The van der Waals surface area contributed by atoms with Crippen LogP contribution in [0.2, 0.25) is 0 Å². The van der Waals surface area contributed by atoms with Gasteiger partial charge in [-0.15, -0.1) is 12.8 Å². The molecule has 0 nitrogen and oxygen atoms in total. The van der Waals surface area contributed by atoms with Crippen molar-refractivity contribution in [1.29, 1.82) is 0 Å². The first-order chi connectivity index (χ1) is 5.00. The Morgan fingerprint density at radius 2 is 1.15 bits per heavy atom. The summed E-state index contributed by atoms with van der Waals surface area (Å²) in [5.41, 5.74) is 0. The van der Waals surface area contributed by atoms with Crippen molar-refractivity contribution in [3.05, 3.63) is 63.5 Å². The van der Waals surface area contributed by atoms with E-state index in [9.17, 15) is 0 Å². The fourth-order valence-corrected chi connectivity index (χ4v) is 0.680. The molecule has 0 amide bonds. The zero-order chi connectivity index (χ0) is 7.07. The summed E-state index contributed by atoms with van der Waals surface area (Å²) in [7, 11) is 0. The van der Waals surface area contributed by atoms with Gasteiger partial charge in [-0.25, -0.2) is 24.3 Å². The molecule has 0 bridgehead atoms. The van der Waals surface area contributed by atoms with Crippen LogP contribution in [0, 0.1) is 27.0 Å². The third-order valence-electron chi connectivity index (χ3n) is 1.17. The summed E-state index contributed by atoms with van der Waals surface area (Å²) < 4.78 is 0. The molecule has 0 unspecified atom stereocenters. The predicted octanol–water partition coefficient (Wildman–Crippen LogP) is 3.51. The average Bonchev–Trinajstić information content (AvgIpc) is 2.67. The number of hydrogen-bond acceptors (Lipinski definition) is 0. The molecule has 1 heteroatoms. The second-order valence-corrected chi connectivity index (χ2v) is 2.01. The molecule has 0 fully saturated rings. The molecule has 0 saturated carbocycles. The van der Waals surface area contributed by atoms with Crippen molar-refractivity contribution < 1.29 is 25.8 Å². The molecule has 0 saturated heterocycles. The van der Waals surface area contributed by atoms with E-state index in [0.717, 1.165) is 12.8 Å². The van der Waals surface area contributed by atoms with Gasteiger partial charge in [-0.2, -0.15) is 12.2 Å². The Hall–Kier alpha value is -0.170. The van der Waals surface area contributed by atoms with Crippen molar-refractivity contribution in [2.45, 2.75) is 12.8 Å². The molecule has 0 heterocycles. The SMILES string of the molecule is [C-]1=CC=CC1.[C-]1=CC=CC1.[CH3-].[CH3-].[Hf+4]. The Kier molecular flexibility index (Phi) is 20.5. The van der Waals surface area contributed by atoms with E-state index in [4.69, 9.17) is 0 Å². The normalized spacial score (nSPS) is 13.5. The van der Waals surface area contributed by atoms with Crippen LogP contribution in [-0.2, 0) is 25.8 Å². The first-order valence-corrected chi connectivity index (χ1v) is 3.43. The van der Waals surface area contributed by atoms with Crippen LogP contribution in [0.25, 0.3) is 0 Å². The number of hydrogen-bond donors (Lipinski definition) is 0. The molecule has 2 rings (SSSR count).